The molecular weight excluding hydrogens is 472 g/mol. The molecule has 35 heavy (non-hydrogen) atoms. The van der Waals surface area contributed by atoms with Crippen molar-refractivity contribution in [3.8, 4) is 28.7 Å². The van der Waals surface area contributed by atoms with E-state index in [9.17, 15) is 25.2 Å². The van der Waals surface area contributed by atoms with Gasteiger partial charge in [-0.15, -0.1) is 0 Å². The van der Waals surface area contributed by atoms with Crippen molar-refractivity contribution in [1.82, 2.24) is 0 Å². The number of aromatic hydroxyl groups is 4. The van der Waals surface area contributed by atoms with Crippen LogP contribution in [0.5, 0.6) is 28.7 Å². The van der Waals surface area contributed by atoms with Gasteiger partial charge in [-0.3, -0.25) is 4.79 Å². The lowest BCUT2D eigenvalue weighted by atomic mass is 9.66. The van der Waals surface area contributed by atoms with Crippen LogP contribution in [-0.2, 0) is 16.6 Å². The number of benzene rings is 3. The summed E-state index contributed by atoms with van der Waals surface area (Å²) < 4.78 is 12.4. The van der Waals surface area contributed by atoms with E-state index in [2.05, 4.69) is 0 Å². The van der Waals surface area contributed by atoms with E-state index in [0.29, 0.717) is 33.6 Å². The van der Waals surface area contributed by atoms with Crippen molar-refractivity contribution in [2.24, 2.45) is 0 Å². The van der Waals surface area contributed by atoms with Gasteiger partial charge in [0.1, 0.15) is 34.9 Å². The second-order valence-electron chi connectivity index (χ2n) is 10.2. The number of hydrogen-bond donors (Lipinski definition) is 4. The first-order valence-corrected chi connectivity index (χ1v) is 11.6. The Morgan fingerprint density at radius 3 is 2.40 bits per heavy atom. The van der Waals surface area contributed by atoms with E-state index in [-0.39, 0.29) is 39.8 Å². The van der Waals surface area contributed by atoms with Crippen LogP contribution in [0.1, 0.15) is 76.2 Å². The molecule has 2 aliphatic heterocycles. The Labute approximate surface area is 206 Å². The first-order chi connectivity index (χ1) is 16.3. The van der Waals surface area contributed by atoms with Crippen molar-refractivity contribution in [2.45, 2.75) is 51.4 Å². The van der Waals surface area contributed by atoms with E-state index >= 15 is 0 Å². The number of hydrogen-bond acceptors (Lipinski definition) is 7. The summed E-state index contributed by atoms with van der Waals surface area (Å²) in [6, 6.07) is 6.01. The predicted octanol–water partition coefficient (Wildman–Crippen LogP) is 5.11. The van der Waals surface area contributed by atoms with E-state index in [0.717, 1.165) is 11.6 Å². The van der Waals surface area contributed by atoms with Crippen LogP contribution in [0.25, 0.3) is 0 Å². The van der Waals surface area contributed by atoms with Gasteiger partial charge in [-0.25, -0.2) is 0 Å². The quantitative estimate of drug-likeness (QED) is 0.343. The molecule has 2 bridgehead atoms. The van der Waals surface area contributed by atoms with Crippen LogP contribution in [0.2, 0.25) is 5.02 Å². The molecule has 0 saturated heterocycles. The lowest BCUT2D eigenvalue weighted by molar-refractivity contribution is -0.216. The molecule has 2 heterocycles. The van der Waals surface area contributed by atoms with Gasteiger partial charge in [-0.1, -0.05) is 31.5 Å². The minimum atomic E-state index is -1.06. The fourth-order valence-electron chi connectivity index (χ4n) is 5.97. The van der Waals surface area contributed by atoms with Crippen molar-refractivity contribution in [3.63, 3.8) is 0 Å². The van der Waals surface area contributed by atoms with Crippen molar-refractivity contribution in [3.05, 3.63) is 73.8 Å². The summed E-state index contributed by atoms with van der Waals surface area (Å²) >= 11 is 6.43. The number of ketones is 1. The van der Waals surface area contributed by atoms with Gasteiger partial charge in [-0.05, 0) is 35.2 Å². The Hall–Kier alpha value is -3.42. The third-order valence-electron chi connectivity index (χ3n) is 7.46. The van der Waals surface area contributed by atoms with Crippen molar-refractivity contribution in [1.29, 1.82) is 0 Å². The smallest absolute Gasteiger partial charge is 0.212 e. The Morgan fingerprint density at radius 1 is 0.971 bits per heavy atom. The van der Waals surface area contributed by atoms with E-state index in [1.807, 2.05) is 26.8 Å². The number of fused-ring (bicyclic) bond motifs is 8. The average Bonchev–Trinajstić information content (AvgIpc) is 2.72. The largest absolute Gasteiger partial charge is 0.508 e. The zero-order chi connectivity index (χ0) is 25.2. The van der Waals surface area contributed by atoms with E-state index in [4.69, 9.17) is 21.1 Å². The van der Waals surface area contributed by atoms with Crippen molar-refractivity contribution < 1.29 is 34.7 Å². The standard InChI is InChI=1S/C27H23ClO7/c1-10-5-12(29)7-16-17(10)25-18-11(9-27(4,34-16)35-25)6-13-19(23(18)32)24(33)20-14(30)8-15(31)22(28)21(20)26(13,2)3/h5-8,25,29-32H,9H2,1-4H3/t25-,27-/m0/s1. The van der Waals surface area contributed by atoms with Crippen molar-refractivity contribution >= 4 is 17.4 Å². The summed E-state index contributed by atoms with van der Waals surface area (Å²) in [4.78, 5) is 13.7. The molecular formula is C27H23ClO7. The molecule has 0 fully saturated rings. The Morgan fingerprint density at radius 2 is 1.69 bits per heavy atom. The molecule has 6 rings (SSSR count). The number of aryl methyl sites for hydroxylation is 1. The highest BCUT2D eigenvalue weighted by Crippen LogP contribution is 2.57. The van der Waals surface area contributed by atoms with Gasteiger partial charge in [0.05, 0.1) is 16.1 Å². The summed E-state index contributed by atoms with van der Waals surface area (Å²) in [7, 11) is 0. The molecule has 2 atom stereocenters. The molecule has 3 aromatic rings. The molecule has 3 aromatic carbocycles. The molecule has 1 aliphatic carbocycles. The maximum absolute atomic E-state index is 13.7. The van der Waals surface area contributed by atoms with Crippen LogP contribution in [0, 0.1) is 6.92 Å². The number of halogens is 1. The van der Waals surface area contributed by atoms with Gasteiger partial charge < -0.3 is 29.9 Å². The summed E-state index contributed by atoms with van der Waals surface area (Å²) in [6.07, 6.45) is -0.447. The van der Waals surface area contributed by atoms with Crippen molar-refractivity contribution in [2.75, 3.05) is 0 Å². The third-order valence-corrected chi connectivity index (χ3v) is 7.85. The Kier molecular flexibility index (Phi) is 4.17. The second kappa shape index (κ2) is 6.62. The average molecular weight is 495 g/mol. The van der Waals surface area contributed by atoms with Crippen LogP contribution in [0.3, 0.4) is 0 Å². The molecule has 0 saturated carbocycles. The van der Waals surface area contributed by atoms with E-state index in [1.54, 1.807) is 13.0 Å². The van der Waals surface area contributed by atoms with Crippen LogP contribution in [0.15, 0.2) is 24.3 Å². The summed E-state index contributed by atoms with van der Waals surface area (Å²) in [6.45, 7) is 7.26. The molecule has 3 aliphatic rings. The van der Waals surface area contributed by atoms with Gasteiger partial charge in [-0.2, -0.15) is 0 Å². The van der Waals surface area contributed by atoms with Gasteiger partial charge in [0.2, 0.25) is 11.6 Å². The molecule has 0 unspecified atom stereocenters. The second-order valence-corrected chi connectivity index (χ2v) is 10.6. The van der Waals surface area contributed by atoms with E-state index < -0.39 is 28.8 Å². The monoisotopic (exact) mass is 494 g/mol. The number of carbonyl (C=O) groups is 1. The molecule has 4 N–H and O–H groups in total. The lowest BCUT2D eigenvalue weighted by Crippen LogP contribution is -2.47. The summed E-state index contributed by atoms with van der Waals surface area (Å²) in [5.74, 6) is -2.08. The number of carbonyl (C=O) groups excluding carboxylic acids is 1. The van der Waals surface area contributed by atoms with Crippen LogP contribution in [-0.4, -0.2) is 32.0 Å². The molecule has 8 heteroatoms. The number of phenols is 4. The van der Waals surface area contributed by atoms with Crippen LogP contribution < -0.4 is 4.74 Å². The number of phenolic OH excluding ortho intramolecular Hbond substituents is 4. The number of ether oxygens (including phenoxy) is 2. The maximum Gasteiger partial charge on any atom is 0.212 e. The predicted molar refractivity (Wildman–Crippen MR) is 127 cm³/mol. The van der Waals surface area contributed by atoms with Gasteiger partial charge in [0, 0.05) is 42.0 Å². The summed E-state index contributed by atoms with van der Waals surface area (Å²) in [5, 5.41) is 42.6. The normalized spacial score (nSPS) is 23.0. The number of rotatable bonds is 0. The molecule has 0 spiro atoms. The molecule has 0 amide bonds. The Bertz CT molecular complexity index is 1510. The third kappa shape index (κ3) is 2.73. The minimum Gasteiger partial charge on any atom is -0.508 e. The highest BCUT2D eigenvalue weighted by molar-refractivity contribution is 6.34. The first-order valence-electron chi connectivity index (χ1n) is 11.2. The topological polar surface area (TPSA) is 116 Å². The zero-order valence-corrected chi connectivity index (χ0v) is 20.2. The molecule has 0 aromatic heterocycles. The highest BCUT2D eigenvalue weighted by Gasteiger charge is 2.50. The fourth-order valence-corrected chi connectivity index (χ4v) is 6.35. The molecule has 0 radical (unpaired) electrons. The maximum atomic E-state index is 13.7. The fraction of sp³-hybridized carbons (Fsp3) is 0.296. The minimum absolute atomic E-state index is 0.0149. The highest BCUT2D eigenvalue weighted by atomic mass is 35.5. The summed E-state index contributed by atoms with van der Waals surface area (Å²) in [5.41, 5.74) is 2.52. The van der Waals surface area contributed by atoms with Crippen LogP contribution >= 0.6 is 11.6 Å². The van der Waals surface area contributed by atoms with Gasteiger partial charge >= 0.3 is 0 Å². The first kappa shape index (κ1) is 22.1. The SMILES string of the molecule is Cc1cc(O)cc2c1[C@@H]1O[C@@](C)(Cc3cc4c(c(O)c31)C(=O)c1c(O)cc(O)c(Cl)c1C4(C)C)O2. The van der Waals surface area contributed by atoms with Crippen LogP contribution in [0.4, 0.5) is 0 Å². The lowest BCUT2D eigenvalue weighted by Gasteiger charge is -2.46. The zero-order valence-electron chi connectivity index (χ0n) is 19.5. The Balaban J connectivity index is 1.67. The van der Waals surface area contributed by atoms with Gasteiger partial charge in [0.25, 0.3) is 0 Å². The van der Waals surface area contributed by atoms with E-state index in [1.165, 1.54) is 6.07 Å². The molecule has 7 nitrogen and oxygen atoms in total. The van der Waals surface area contributed by atoms with Gasteiger partial charge in [0.15, 0.2) is 0 Å². The molecule has 180 valence electrons.